The number of amides is 1. The van der Waals surface area contributed by atoms with Crippen molar-refractivity contribution in [1.82, 2.24) is 10.6 Å². The summed E-state index contributed by atoms with van der Waals surface area (Å²) < 4.78 is 57.9. The van der Waals surface area contributed by atoms with Crippen LogP contribution in [0.1, 0.15) is 41.6 Å². The first kappa shape index (κ1) is 26.7. The third-order valence-electron chi connectivity index (χ3n) is 6.83. The van der Waals surface area contributed by atoms with E-state index in [1.54, 1.807) is 0 Å². The zero-order valence-corrected chi connectivity index (χ0v) is 21.0. The fourth-order valence-corrected chi connectivity index (χ4v) is 6.50. The number of aliphatic hydroxyl groups is 1. The summed E-state index contributed by atoms with van der Waals surface area (Å²) in [7, 11) is -3.33. The molecule has 1 unspecified atom stereocenters. The maximum atomic E-state index is 13.8. The minimum atomic E-state index is -3.33. The van der Waals surface area contributed by atoms with Gasteiger partial charge in [-0.1, -0.05) is 25.1 Å². The van der Waals surface area contributed by atoms with Crippen LogP contribution >= 0.6 is 0 Å². The van der Waals surface area contributed by atoms with Crippen LogP contribution in [0.4, 0.5) is 8.78 Å². The van der Waals surface area contributed by atoms with E-state index in [1.807, 2.05) is 25.1 Å². The van der Waals surface area contributed by atoms with E-state index in [0.29, 0.717) is 13.0 Å². The molecule has 2 aromatic carbocycles. The molecule has 1 saturated heterocycles. The number of benzene rings is 2. The number of carbonyl (C=O) groups is 1. The van der Waals surface area contributed by atoms with Crippen molar-refractivity contribution < 1.29 is 31.8 Å². The third kappa shape index (κ3) is 6.67. The lowest BCUT2D eigenvalue weighted by molar-refractivity contribution is -0.126. The summed E-state index contributed by atoms with van der Waals surface area (Å²) in [5.74, 6) is -2.29. The second-order valence-electron chi connectivity index (χ2n) is 9.63. The van der Waals surface area contributed by atoms with Gasteiger partial charge in [-0.05, 0) is 53.6 Å². The largest absolute Gasteiger partial charge is 0.390 e. The van der Waals surface area contributed by atoms with Crippen molar-refractivity contribution in [3.8, 4) is 0 Å². The van der Waals surface area contributed by atoms with E-state index in [1.165, 1.54) is 0 Å². The molecule has 1 amide bonds. The average Bonchev–Trinajstić information content (AvgIpc) is 3.35. The van der Waals surface area contributed by atoms with Gasteiger partial charge in [0.1, 0.15) is 11.6 Å². The van der Waals surface area contributed by atoms with E-state index in [9.17, 15) is 27.1 Å². The predicted octanol–water partition coefficient (Wildman–Crippen LogP) is 2.21. The van der Waals surface area contributed by atoms with Crippen molar-refractivity contribution in [2.75, 3.05) is 25.5 Å². The van der Waals surface area contributed by atoms with Crippen LogP contribution in [0.3, 0.4) is 0 Å². The molecule has 2 aliphatic rings. The highest BCUT2D eigenvalue weighted by atomic mass is 32.2. The van der Waals surface area contributed by atoms with Crippen molar-refractivity contribution >= 4 is 15.7 Å². The fraction of sp³-hybridized carbons (Fsp3) is 0.500. The number of sulfone groups is 1. The Bertz CT molecular complexity index is 1180. The molecule has 196 valence electrons. The molecule has 3 N–H and O–H groups in total. The standard InChI is InChI=1S/C26H32F2N2O5S/c1-2-16-3-4-19-14-36(33,34)15-24(22(19)9-16)29-12-25(31)23(30-26(32)18-5-6-35-13-18)10-17-7-20(27)11-21(28)8-17/h3-4,7-9,11,18,23-25,29,31H,2,5-6,10,12-15H2,1H3,(H,30,32)/t18?,23-,24-,25+/m0/s1. The first-order valence-electron chi connectivity index (χ1n) is 12.2. The minimum Gasteiger partial charge on any atom is -0.390 e. The molecule has 2 aromatic rings. The molecule has 0 spiro atoms. The van der Waals surface area contributed by atoms with E-state index < -0.39 is 39.7 Å². The minimum absolute atomic E-state index is 0.00359. The van der Waals surface area contributed by atoms with Crippen molar-refractivity contribution in [2.24, 2.45) is 5.92 Å². The van der Waals surface area contributed by atoms with Crippen LogP contribution in [-0.4, -0.2) is 57.1 Å². The normalized spacial score (nSPS) is 22.6. The average molecular weight is 523 g/mol. The molecule has 10 heteroatoms. The van der Waals surface area contributed by atoms with Crippen molar-refractivity contribution in [3.05, 3.63) is 70.3 Å². The van der Waals surface area contributed by atoms with Gasteiger partial charge in [0.2, 0.25) is 5.91 Å². The molecule has 0 bridgehead atoms. The van der Waals surface area contributed by atoms with Crippen LogP contribution in [0.5, 0.6) is 0 Å². The van der Waals surface area contributed by atoms with Crippen molar-refractivity contribution in [3.63, 3.8) is 0 Å². The van der Waals surface area contributed by atoms with Gasteiger partial charge in [0, 0.05) is 25.3 Å². The van der Waals surface area contributed by atoms with Gasteiger partial charge < -0.3 is 20.5 Å². The van der Waals surface area contributed by atoms with E-state index >= 15 is 0 Å². The fourth-order valence-electron chi connectivity index (χ4n) is 4.84. The molecule has 1 fully saturated rings. The monoisotopic (exact) mass is 522 g/mol. The quantitative estimate of drug-likeness (QED) is 0.467. The number of carbonyl (C=O) groups excluding carboxylic acids is 1. The van der Waals surface area contributed by atoms with Gasteiger partial charge in [0.15, 0.2) is 9.84 Å². The Hall–Kier alpha value is -2.40. The molecule has 0 saturated carbocycles. The molecule has 4 atom stereocenters. The number of nitrogens with one attached hydrogen (secondary N) is 2. The maximum absolute atomic E-state index is 13.8. The summed E-state index contributed by atoms with van der Waals surface area (Å²) in [5, 5.41) is 17.0. The van der Waals surface area contributed by atoms with E-state index in [4.69, 9.17) is 4.74 Å². The van der Waals surface area contributed by atoms with E-state index in [-0.39, 0.29) is 48.5 Å². The second-order valence-corrected chi connectivity index (χ2v) is 11.7. The molecule has 0 aromatic heterocycles. The molecule has 0 radical (unpaired) electrons. The molecular formula is C26H32F2N2O5S. The summed E-state index contributed by atoms with van der Waals surface area (Å²) in [5.41, 5.74) is 2.98. The molecule has 36 heavy (non-hydrogen) atoms. The SMILES string of the molecule is CCc1ccc2c(c1)[C@@H](NC[C@@H](O)[C@H](Cc1cc(F)cc(F)c1)NC(=O)C1CCOC1)CS(=O)(=O)C2. The Morgan fingerprint density at radius 3 is 2.58 bits per heavy atom. The van der Waals surface area contributed by atoms with Crippen molar-refractivity contribution in [2.45, 2.75) is 50.1 Å². The Morgan fingerprint density at radius 1 is 1.17 bits per heavy atom. The van der Waals surface area contributed by atoms with Crippen LogP contribution < -0.4 is 10.6 Å². The van der Waals surface area contributed by atoms with Crippen LogP contribution in [-0.2, 0) is 38.0 Å². The van der Waals surface area contributed by atoms with Crippen LogP contribution in [0.15, 0.2) is 36.4 Å². The van der Waals surface area contributed by atoms with Crippen LogP contribution in [0.2, 0.25) is 0 Å². The van der Waals surface area contributed by atoms with Gasteiger partial charge in [0.05, 0.1) is 36.2 Å². The first-order valence-corrected chi connectivity index (χ1v) is 14.0. The molecule has 7 nitrogen and oxygen atoms in total. The van der Waals surface area contributed by atoms with Crippen LogP contribution in [0.25, 0.3) is 0 Å². The molecule has 2 aliphatic heterocycles. The first-order chi connectivity index (χ1) is 17.1. The summed E-state index contributed by atoms with van der Waals surface area (Å²) in [4.78, 5) is 12.8. The smallest absolute Gasteiger partial charge is 0.225 e. The molecular weight excluding hydrogens is 490 g/mol. The lowest BCUT2D eigenvalue weighted by Gasteiger charge is -2.30. The van der Waals surface area contributed by atoms with Gasteiger partial charge >= 0.3 is 0 Å². The lowest BCUT2D eigenvalue weighted by atomic mass is 9.96. The topological polar surface area (TPSA) is 105 Å². The number of ether oxygens (including phenoxy) is 1. The third-order valence-corrected chi connectivity index (χ3v) is 8.43. The van der Waals surface area contributed by atoms with Crippen LogP contribution in [0, 0.1) is 17.6 Å². The van der Waals surface area contributed by atoms with E-state index in [2.05, 4.69) is 10.6 Å². The summed E-state index contributed by atoms with van der Waals surface area (Å²) in [6.07, 6.45) is 0.206. The molecule has 4 rings (SSSR count). The van der Waals surface area contributed by atoms with Gasteiger partial charge in [0.25, 0.3) is 0 Å². The van der Waals surface area contributed by atoms with Gasteiger partial charge in [-0.25, -0.2) is 17.2 Å². The Kier molecular flexibility index (Phi) is 8.39. The highest BCUT2D eigenvalue weighted by molar-refractivity contribution is 7.90. The summed E-state index contributed by atoms with van der Waals surface area (Å²) in [6.45, 7) is 2.74. The number of halogens is 2. The molecule has 2 heterocycles. The second kappa shape index (κ2) is 11.3. The van der Waals surface area contributed by atoms with Crippen molar-refractivity contribution in [1.29, 1.82) is 0 Å². The highest BCUT2D eigenvalue weighted by Gasteiger charge is 2.32. The number of rotatable bonds is 9. The maximum Gasteiger partial charge on any atom is 0.225 e. The number of hydrogen-bond acceptors (Lipinski definition) is 6. The number of hydrogen-bond donors (Lipinski definition) is 3. The number of aryl methyl sites for hydroxylation is 1. The molecule has 0 aliphatic carbocycles. The van der Waals surface area contributed by atoms with E-state index in [0.717, 1.165) is 41.3 Å². The highest BCUT2D eigenvalue weighted by Crippen LogP contribution is 2.29. The Morgan fingerprint density at radius 2 is 1.92 bits per heavy atom. The zero-order valence-electron chi connectivity index (χ0n) is 20.2. The predicted molar refractivity (Wildman–Crippen MR) is 131 cm³/mol. The lowest BCUT2D eigenvalue weighted by Crippen LogP contribution is -2.51. The van der Waals surface area contributed by atoms with Gasteiger partial charge in [-0.2, -0.15) is 0 Å². The Balaban J connectivity index is 1.51. The number of aliphatic hydroxyl groups excluding tert-OH is 1. The van der Waals surface area contributed by atoms with Gasteiger partial charge in [-0.15, -0.1) is 0 Å². The van der Waals surface area contributed by atoms with Gasteiger partial charge in [-0.3, -0.25) is 4.79 Å². The number of fused-ring (bicyclic) bond motifs is 1. The summed E-state index contributed by atoms with van der Waals surface area (Å²) in [6, 6.07) is 7.46. The zero-order chi connectivity index (χ0) is 25.9. The Labute approximate surface area is 210 Å². The summed E-state index contributed by atoms with van der Waals surface area (Å²) >= 11 is 0.